The number of hydrogen-bond acceptors (Lipinski definition) is 2. The van der Waals surface area contributed by atoms with E-state index in [2.05, 4.69) is 24.2 Å². The van der Waals surface area contributed by atoms with E-state index in [0.717, 1.165) is 13.0 Å². The number of aliphatic hydroxyl groups is 1. The standard InChI is InChI=1S/C11H23N3O/c1-7(2)6-13-10(12)14-8-5-9(15)11(8,3)4/h7-9,15H,5-6H2,1-4H3,(H3,12,13,14). The van der Waals surface area contributed by atoms with Gasteiger partial charge < -0.3 is 16.2 Å². The maximum Gasteiger partial charge on any atom is 0.188 e. The Morgan fingerprint density at radius 2 is 2.20 bits per heavy atom. The summed E-state index contributed by atoms with van der Waals surface area (Å²) in [6.45, 7) is 9.03. The number of nitrogens with one attached hydrogen (secondary N) is 1. The Bertz CT molecular complexity index is 248. The van der Waals surface area contributed by atoms with Crippen molar-refractivity contribution in [3.05, 3.63) is 0 Å². The molecule has 0 aliphatic heterocycles. The highest BCUT2D eigenvalue weighted by atomic mass is 16.3. The average Bonchev–Trinajstić information content (AvgIpc) is 2.14. The van der Waals surface area contributed by atoms with Gasteiger partial charge in [-0.2, -0.15) is 0 Å². The Labute approximate surface area is 92.0 Å². The molecule has 1 rings (SSSR count). The lowest BCUT2D eigenvalue weighted by Gasteiger charge is -2.49. The SMILES string of the molecule is CC(C)CN=C(N)NC1CC(O)C1(C)C. The van der Waals surface area contributed by atoms with Crippen molar-refractivity contribution >= 4 is 5.96 Å². The zero-order valence-electron chi connectivity index (χ0n) is 10.1. The van der Waals surface area contributed by atoms with Crippen LogP contribution in [0.4, 0.5) is 0 Å². The second-order valence-corrected chi connectivity index (χ2v) is 5.39. The van der Waals surface area contributed by atoms with E-state index in [1.165, 1.54) is 0 Å². The van der Waals surface area contributed by atoms with E-state index >= 15 is 0 Å². The van der Waals surface area contributed by atoms with Crippen molar-refractivity contribution in [3.8, 4) is 0 Å². The smallest absolute Gasteiger partial charge is 0.188 e. The Balaban J connectivity index is 2.40. The van der Waals surface area contributed by atoms with Crippen molar-refractivity contribution in [2.24, 2.45) is 22.1 Å². The summed E-state index contributed by atoms with van der Waals surface area (Å²) in [6, 6.07) is 0.239. The molecule has 4 N–H and O–H groups in total. The summed E-state index contributed by atoms with van der Waals surface area (Å²) < 4.78 is 0. The molecule has 0 saturated heterocycles. The summed E-state index contributed by atoms with van der Waals surface area (Å²) in [5.41, 5.74) is 5.66. The Morgan fingerprint density at radius 1 is 1.60 bits per heavy atom. The highest BCUT2D eigenvalue weighted by molar-refractivity contribution is 5.78. The molecule has 0 amide bonds. The van der Waals surface area contributed by atoms with Crippen LogP contribution in [-0.2, 0) is 0 Å². The highest BCUT2D eigenvalue weighted by Crippen LogP contribution is 2.40. The lowest BCUT2D eigenvalue weighted by molar-refractivity contribution is -0.0660. The molecule has 0 spiro atoms. The zero-order chi connectivity index (χ0) is 11.6. The molecule has 2 unspecified atom stereocenters. The molecule has 0 aromatic carbocycles. The highest BCUT2D eigenvalue weighted by Gasteiger charge is 2.47. The number of nitrogens with zero attached hydrogens (tertiary/aromatic N) is 1. The van der Waals surface area contributed by atoms with Gasteiger partial charge >= 0.3 is 0 Å². The average molecular weight is 213 g/mol. The molecule has 1 aliphatic rings. The first-order valence-electron chi connectivity index (χ1n) is 5.58. The fourth-order valence-electron chi connectivity index (χ4n) is 1.65. The fraction of sp³-hybridized carbons (Fsp3) is 0.909. The van der Waals surface area contributed by atoms with Crippen LogP contribution in [0.15, 0.2) is 4.99 Å². The van der Waals surface area contributed by atoms with Gasteiger partial charge in [0.05, 0.1) is 6.10 Å². The first-order valence-corrected chi connectivity index (χ1v) is 5.58. The van der Waals surface area contributed by atoms with Gasteiger partial charge in [-0.05, 0) is 12.3 Å². The summed E-state index contributed by atoms with van der Waals surface area (Å²) in [5.74, 6) is 1.01. The van der Waals surface area contributed by atoms with E-state index in [1.54, 1.807) is 0 Å². The van der Waals surface area contributed by atoms with Crippen molar-refractivity contribution in [1.82, 2.24) is 5.32 Å². The second kappa shape index (κ2) is 4.39. The van der Waals surface area contributed by atoms with Crippen LogP contribution >= 0.6 is 0 Å². The van der Waals surface area contributed by atoms with Gasteiger partial charge in [0.1, 0.15) is 0 Å². The normalized spacial score (nSPS) is 30.1. The quantitative estimate of drug-likeness (QED) is 0.477. The van der Waals surface area contributed by atoms with Crippen LogP contribution in [0.5, 0.6) is 0 Å². The largest absolute Gasteiger partial charge is 0.392 e. The van der Waals surface area contributed by atoms with Crippen LogP contribution in [0.1, 0.15) is 34.1 Å². The monoisotopic (exact) mass is 213 g/mol. The number of hydrogen-bond donors (Lipinski definition) is 3. The van der Waals surface area contributed by atoms with Crippen LogP contribution < -0.4 is 11.1 Å². The summed E-state index contributed by atoms with van der Waals surface area (Å²) in [6.07, 6.45) is 0.526. The molecule has 1 aliphatic carbocycles. The molecule has 2 atom stereocenters. The summed E-state index contributed by atoms with van der Waals surface area (Å²) in [4.78, 5) is 4.24. The molecule has 0 heterocycles. The van der Waals surface area contributed by atoms with Crippen molar-refractivity contribution in [3.63, 3.8) is 0 Å². The van der Waals surface area contributed by atoms with Crippen molar-refractivity contribution < 1.29 is 5.11 Å². The molecular weight excluding hydrogens is 190 g/mol. The number of aliphatic hydroxyl groups excluding tert-OH is 1. The molecule has 1 saturated carbocycles. The lowest BCUT2D eigenvalue weighted by atomic mass is 9.65. The van der Waals surface area contributed by atoms with E-state index in [0.29, 0.717) is 11.9 Å². The third-order valence-corrected chi connectivity index (χ3v) is 3.16. The molecule has 15 heavy (non-hydrogen) atoms. The maximum atomic E-state index is 9.56. The molecule has 88 valence electrons. The molecule has 0 radical (unpaired) electrons. The first kappa shape index (κ1) is 12.3. The number of aliphatic imine (C=N–C) groups is 1. The van der Waals surface area contributed by atoms with Crippen LogP contribution in [0.3, 0.4) is 0 Å². The Hall–Kier alpha value is -0.770. The van der Waals surface area contributed by atoms with E-state index < -0.39 is 0 Å². The van der Waals surface area contributed by atoms with Crippen LogP contribution in [-0.4, -0.2) is 29.8 Å². The summed E-state index contributed by atoms with van der Waals surface area (Å²) >= 11 is 0. The Kier molecular flexibility index (Phi) is 3.60. The van der Waals surface area contributed by atoms with Gasteiger partial charge in [0.2, 0.25) is 0 Å². The van der Waals surface area contributed by atoms with Gasteiger partial charge in [-0.1, -0.05) is 27.7 Å². The van der Waals surface area contributed by atoms with Crippen molar-refractivity contribution in [2.75, 3.05) is 6.54 Å². The Morgan fingerprint density at radius 3 is 2.60 bits per heavy atom. The van der Waals surface area contributed by atoms with E-state index in [9.17, 15) is 5.11 Å². The predicted octanol–water partition coefficient (Wildman–Crippen LogP) is 0.706. The van der Waals surface area contributed by atoms with Gasteiger partial charge in [0, 0.05) is 18.0 Å². The number of nitrogens with two attached hydrogens (primary N) is 1. The van der Waals surface area contributed by atoms with Crippen LogP contribution in [0.2, 0.25) is 0 Å². The van der Waals surface area contributed by atoms with Gasteiger partial charge in [-0.3, -0.25) is 4.99 Å². The third-order valence-electron chi connectivity index (χ3n) is 3.16. The molecule has 4 nitrogen and oxygen atoms in total. The minimum absolute atomic E-state index is 0.0992. The summed E-state index contributed by atoms with van der Waals surface area (Å²) in [5, 5.41) is 12.7. The molecule has 0 aromatic heterocycles. The topological polar surface area (TPSA) is 70.6 Å². The van der Waals surface area contributed by atoms with Crippen molar-refractivity contribution in [2.45, 2.75) is 46.3 Å². The minimum Gasteiger partial charge on any atom is -0.392 e. The molecule has 0 bridgehead atoms. The van der Waals surface area contributed by atoms with E-state index in [4.69, 9.17) is 5.73 Å². The van der Waals surface area contributed by atoms with Gasteiger partial charge in [0.15, 0.2) is 5.96 Å². The van der Waals surface area contributed by atoms with Crippen LogP contribution in [0, 0.1) is 11.3 Å². The second-order valence-electron chi connectivity index (χ2n) is 5.39. The molecule has 0 aromatic rings. The number of guanidine groups is 1. The number of rotatable bonds is 3. The molecule has 4 heteroatoms. The van der Waals surface area contributed by atoms with Gasteiger partial charge in [-0.15, -0.1) is 0 Å². The van der Waals surface area contributed by atoms with Gasteiger partial charge in [-0.25, -0.2) is 0 Å². The van der Waals surface area contributed by atoms with Gasteiger partial charge in [0.25, 0.3) is 0 Å². The fourth-order valence-corrected chi connectivity index (χ4v) is 1.65. The van der Waals surface area contributed by atoms with Crippen molar-refractivity contribution in [1.29, 1.82) is 0 Å². The summed E-state index contributed by atoms with van der Waals surface area (Å²) in [7, 11) is 0. The lowest BCUT2D eigenvalue weighted by Crippen LogP contribution is -2.62. The first-order chi connectivity index (χ1) is 6.84. The third kappa shape index (κ3) is 2.84. The van der Waals surface area contributed by atoms with E-state index in [1.807, 2.05) is 13.8 Å². The predicted molar refractivity (Wildman–Crippen MR) is 62.7 cm³/mol. The maximum absolute atomic E-state index is 9.56. The molecule has 1 fully saturated rings. The van der Waals surface area contributed by atoms with Crippen LogP contribution in [0.25, 0.3) is 0 Å². The molecular formula is C11H23N3O. The minimum atomic E-state index is -0.229. The van der Waals surface area contributed by atoms with E-state index in [-0.39, 0.29) is 17.6 Å². The zero-order valence-corrected chi connectivity index (χ0v) is 10.1.